The Morgan fingerprint density at radius 1 is 1.21 bits per heavy atom. The van der Waals surface area contributed by atoms with Crippen LogP contribution in [0.15, 0.2) is 24.3 Å². The monoisotopic (exact) mass is 434 g/mol. The van der Waals surface area contributed by atoms with Gasteiger partial charge in [0.15, 0.2) is 0 Å². The molecule has 0 radical (unpaired) electrons. The number of carbonyl (C=O) groups is 1. The Kier molecular flexibility index (Phi) is 3.79. The van der Waals surface area contributed by atoms with Crippen molar-refractivity contribution < 1.29 is 4.79 Å². The van der Waals surface area contributed by atoms with Gasteiger partial charge in [-0.05, 0) is 76.6 Å². The van der Waals surface area contributed by atoms with Crippen molar-refractivity contribution in [1.82, 2.24) is 4.57 Å². The summed E-state index contributed by atoms with van der Waals surface area (Å²) < 4.78 is 3.52. The number of hydrogen-bond donors (Lipinski definition) is 0. The fourth-order valence-electron chi connectivity index (χ4n) is 4.29. The summed E-state index contributed by atoms with van der Waals surface area (Å²) in [4.78, 5) is 15.1. The number of aromatic nitrogens is 1. The van der Waals surface area contributed by atoms with Crippen LogP contribution in [0, 0.1) is 8.99 Å². The maximum absolute atomic E-state index is 13.2. The highest BCUT2D eigenvalue weighted by Crippen LogP contribution is 2.39. The maximum atomic E-state index is 13.2. The van der Waals surface area contributed by atoms with Gasteiger partial charge in [-0.3, -0.25) is 4.79 Å². The number of amides is 1. The highest BCUT2D eigenvalue weighted by Gasteiger charge is 2.36. The Balaban J connectivity index is 1.73. The molecule has 0 saturated heterocycles. The number of fused-ring (bicyclic) bond motifs is 3. The zero-order chi connectivity index (χ0) is 17.1. The fraction of sp³-hybridized carbons (Fsp3) is 0.450. The molecule has 0 saturated carbocycles. The summed E-state index contributed by atoms with van der Waals surface area (Å²) in [6.07, 6.45) is 3.11. The third kappa shape index (κ3) is 2.41. The van der Waals surface area contributed by atoms with Crippen molar-refractivity contribution in [2.75, 3.05) is 11.4 Å². The molecule has 0 bridgehead atoms. The lowest BCUT2D eigenvalue weighted by Gasteiger charge is -2.31. The van der Waals surface area contributed by atoms with Crippen LogP contribution in [0.1, 0.15) is 48.1 Å². The minimum atomic E-state index is 0.158. The van der Waals surface area contributed by atoms with Crippen molar-refractivity contribution in [2.45, 2.75) is 46.6 Å². The van der Waals surface area contributed by atoms with Crippen LogP contribution in [0.2, 0.25) is 0 Å². The molecule has 1 amide bonds. The third-order valence-corrected chi connectivity index (χ3v) is 6.37. The predicted molar refractivity (Wildman–Crippen MR) is 106 cm³/mol. The molecule has 3 nitrogen and oxygen atoms in total. The molecule has 1 aromatic heterocycles. The smallest absolute Gasteiger partial charge is 0.274 e. The average molecular weight is 434 g/mol. The number of rotatable bonds is 2. The SMILES string of the molecule is CCc1c(I)cccc1N1CCn2c(cc3c2CC(C)(C)C3)C1=O. The number of benzene rings is 1. The molecule has 1 aromatic carbocycles. The van der Waals surface area contributed by atoms with Crippen LogP contribution >= 0.6 is 22.6 Å². The van der Waals surface area contributed by atoms with Gasteiger partial charge in [0.25, 0.3) is 5.91 Å². The molecule has 126 valence electrons. The Bertz CT molecular complexity index is 834. The number of anilines is 1. The number of carbonyl (C=O) groups excluding carboxylic acids is 1. The molecular weight excluding hydrogens is 411 g/mol. The summed E-state index contributed by atoms with van der Waals surface area (Å²) in [5.74, 6) is 0.158. The van der Waals surface area contributed by atoms with E-state index in [0.717, 1.165) is 43.7 Å². The predicted octanol–water partition coefficient (Wildman–Crippen LogP) is 4.44. The second-order valence-corrected chi connectivity index (χ2v) is 8.88. The van der Waals surface area contributed by atoms with Gasteiger partial charge >= 0.3 is 0 Å². The van der Waals surface area contributed by atoms with E-state index < -0.39 is 0 Å². The summed E-state index contributed by atoms with van der Waals surface area (Å²) in [5, 5.41) is 0. The number of hydrogen-bond acceptors (Lipinski definition) is 1. The van der Waals surface area contributed by atoms with Gasteiger partial charge in [0.05, 0.1) is 0 Å². The van der Waals surface area contributed by atoms with E-state index in [9.17, 15) is 4.79 Å². The molecule has 0 atom stereocenters. The molecule has 1 aliphatic carbocycles. The third-order valence-electron chi connectivity index (χ3n) is 5.36. The van der Waals surface area contributed by atoms with Crippen LogP contribution in [0.5, 0.6) is 0 Å². The minimum absolute atomic E-state index is 0.158. The van der Waals surface area contributed by atoms with Gasteiger partial charge in [0.2, 0.25) is 0 Å². The number of nitrogens with zero attached hydrogens (tertiary/aromatic N) is 2. The average Bonchev–Trinajstić information content (AvgIpc) is 3.00. The van der Waals surface area contributed by atoms with Gasteiger partial charge in [-0.1, -0.05) is 26.8 Å². The van der Waals surface area contributed by atoms with Crippen molar-refractivity contribution in [1.29, 1.82) is 0 Å². The van der Waals surface area contributed by atoms with Crippen LogP contribution in [0.4, 0.5) is 5.69 Å². The first kappa shape index (κ1) is 16.2. The van der Waals surface area contributed by atoms with E-state index >= 15 is 0 Å². The largest absolute Gasteiger partial charge is 0.339 e. The molecule has 0 fully saturated rings. The molecule has 2 aliphatic rings. The topological polar surface area (TPSA) is 25.2 Å². The van der Waals surface area contributed by atoms with Crippen molar-refractivity contribution in [3.63, 3.8) is 0 Å². The lowest BCUT2D eigenvalue weighted by atomic mass is 9.90. The van der Waals surface area contributed by atoms with Crippen molar-refractivity contribution in [3.8, 4) is 0 Å². The lowest BCUT2D eigenvalue weighted by Crippen LogP contribution is -2.41. The fourth-order valence-corrected chi connectivity index (χ4v) is 5.16. The van der Waals surface area contributed by atoms with Gasteiger partial charge in [0.1, 0.15) is 5.69 Å². The normalized spacial score (nSPS) is 18.7. The Morgan fingerprint density at radius 3 is 2.75 bits per heavy atom. The molecule has 24 heavy (non-hydrogen) atoms. The maximum Gasteiger partial charge on any atom is 0.274 e. The van der Waals surface area contributed by atoms with E-state index in [1.807, 2.05) is 4.90 Å². The summed E-state index contributed by atoms with van der Waals surface area (Å²) in [6, 6.07) is 8.42. The summed E-state index contributed by atoms with van der Waals surface area (Å²) in [5.41, 5.74) is 6.34. The van der Waals surface area contributed by atoms with E-state index in [1.165, 1.54) is 20.4 Å². The molecule has 4 rings (SSSR count). The van der Waals surface area contributed by atoms with Crippen LogP contribution in [0.3, 0.4) is 0 Å². The van der Waals surface area contributed by atoms with Crippen LogP contribution < -0.4 is 4.90 Å². The molecule has 0 N–H and O–H groups in total. The standard InChI is InChI=1S/C20H23IN2O/c1-4-14-15(21)6-5-7-16(14)23-9-8-22-17(19(23)24)10-13-11-20(2,3)12-18(13)22/h5-7,10H,4,8-9,11-12H2,1-3H3. The van der Waals surface area contributed by atoms with E-state index in [1.54, 1.807) is 0 Å². The second kappa shape index (κ2) is 5.61. The van der Waals surface area contributed by atoms with Crippen LogP contribution in [-0.4, -0.2) is 17.0 Å². The van der Waals surface area contributed by atoms with Gasteiger partial charge in [-0.25, -0.2) is 0 Å². The van der Waals surface area contributed by atoms with E-state index in [4.69, 9.17) is 0 Å². The zero-order valence-corrected chi connectivity index (χ0v) is 16.7. The van der Waals surface area contributed by atoms with Crippen molar-refractivity contribution >= 4 is 34.2 Å². The number of halogens is 1. The second-order valence-electron chi connectivity index (χ2n) is 7.72. The summed E-state index contributed by atoms with van der Waals surface area (Å²) in [6.45, 7) is 8.46. The van der Waals surface area contributed by atoms with Gasteiger partial charge in [-0.15, -0.1) is 0 Å². The van der Waals surface area contributed by atoms with E-state index in [0.29, 0.717) is 5.41 Å². The summed E-state index contributed by atoms with van der Waals surface area (Å²) in [7, 11) is 0. The first-order valence-corrected chi connectivity index (χ1v) is 9.79. The molecule has 2 heterocycles. The molecule has 4 heteroatoms. The van der Waals surface area contributed by atoms with E-state index in [2.05, 4.69) is 72.2 Å². The van der Waals surface area contributed by atoms with Gasteiger partial charge in [0, 0.05) is 28.0 Å². The van der Waals surface area contributed by atoms with Crippen LogP contribution in [-0.2, 0) is 25.8 Å². The first-order chi connectivity index (χ1) is 11.4. The molecule has 2 aromatic rings. The molecule has 1 aliphatic heterocycles. The van der Waals surface area contributed by atoms with Crippen LogP contribution in [0.25, 0.3) is 0 Å². The van der Waals surface area contributed by atoms with E-state index in [-0.39, 0.29) is 5.91 Å². The Labute approximate surface area is 157 Å². The summed E-state index contributed by atoms with van der Waals surface area (Å²) >= 11 is 2.37. The molecule has 0 unspecified atom stereocenters. The zero-order valence-electron chi connectivity index (χ0n) is 14.5. The van der Waals surface area contributed by atoms with Gasteiger partial charge in [-0.2, -0.15) is 0 Å². The molecule has 0 spiro atoms. The van der Waals surface area contributed by atoms with Crippen molar-refractivity contribution in [3.05, 3.63) is 50.4 Å². The highest BCUT2D eigenvalue weighted by atomic mass is 127. The lowest BCUT2D eigenvalue weighted by molar-refractivity contribution is 0.0964. The van der Waals surface area contributed by atoms with Gasteiger partial charge < -0.3 is 9.47 Å². The molecular formula is C20H23IN2O. The highest BCUT2D eigenvalue weighted by molar-refractivity contribution is 14.1. The van der Waals surface area contributed by atoms with Crippen molar-refractivity contribution in [2.24, 2.45) is 5.41 Å². The first-order valence-electron chi connectivity index (χ1n) is 8.72. The Morgan fingerprint density at radius 2 is 2.00 bits per heavy atom. The quantitative estimate of drug-likeness (QED) is 0.642. The Hall–Kier alpha value is -1.30. The minimum Gasteiger partial charge on any atom is -0.339 e.